The number of carboxylic acids is 1. The third-order valence-electron chi connectivity index (χ3n) is 2.46. The number of unbranched alkanes of at least 4 members (excludes halogenated alkanes) is 1. The minimum Gasteiger partial charge on any atom is -0.480 e. The highest BCUT2D eigenvalue weighted by Crippen LogP contribution is 2.00. The van der Waals surface area contributed by atoms with E-state index >= 15 is 0 Å². The van der Waals surface area contributed by atoms with E-state index in [1.165, 1.54) is 0 Å². The molecule has 0 heterocycles. The number of nitrogens with one attached hydrogen (secondary N) is 3. The molecule has 3 amide bonds. The average Bonchev–Trinajstić information content (AvgIpc) is 2.34. The average molecular weight is 273 g/mol. The Hall–Kier alpha value is -1.79. The largest absolute Gasteiger partial charge is 0.480 e. The lowest BCUT2D eigenvalue weighted by molar-refractivity contribution is -0.139. The van der Waals surface area contributed by atoms with Crippen LogP contribution in [0.15, 0.2) is 0 Å². The zero-order valence-corrected chi connectivity index (χ0v) is 11.5. The molecule has 110 valence electrons. The van der Waals surface area contributed by atoms with Crippen molar-refractivity contribution in [1.29, 1.82) is 0 Å². The summed E-state index contributed by atoms with van der Waals surface area (Å²) < 4.78 is 0. The van der Waals surface area contributed by atoms with Gasteiger partial charge in [0.2, 0.25) is 5.91 Å². The second kappa shape index (κ2) is 10.2. The van der Waals surface area contributed by atoms with E-state index in [0.717, 1.165) is 12.8 Å². The van der Waals surface area contributed by atoms with Crippen LogP contribution in [-0.2, 0) is 9.59 Å². The standard InChI is InChI=1S/C12H23N3O4/c1-3-5-6-9(11(17)18)15-12(19)14-8-7-10(16)13-4-2/h9H,3-8H2,1-2H3,(H,13,16)(H,17,18)(H2,14,15,19). The van der Waals surface area contributed by atoms with Crippen molar-refractivity contribution in [2.24, 2.45) is 0 Å². The summed E-state index contributed by atoms with van der Waals surface area (Å²) in [5.74, 6) is -1.20. The van der Waals surface area contributed by atoms with Crippen molar-refractivity contribution in [3.63, 3.8) is 0 Å². The van der Waals surface area contributed by atoms with Gasteiger partial charge >= 0.3 is 12.0 Å². The number of aliphatic carboxylic acids is 1. The molecule has 0 saturated heterocycles. The van der Waals surface area contributed by atoms with Gasteiger partial charge in [-0.2, -0.15) is 0 Å². The maximum atomic E-state index is 11.4. The highest BCUT2D eigenvalue weighted by atomic mass is 16.4. The first-order valence-corrected chi connectivity index (χ1v) is 6.55. The predicted octanol–water partition coefficient (Wildman–Crippen LogP) is 0.455. The summed E-state index contributed by atoms with van der Waals surface area (Å²) in [7, 11) is 0. The number of hydrogen-bond donors (Lipinski definition) is 4. The lowest BCUT2D eigenvalue weighted by Gasteiger charge is -2.14. The van der Waals surface area contributed by atoms with E-state index in [4.69, 9.17) is 5.11 Å². The number of hydrogen-bond acceptors (Lipinski definition) is 3. The fraction of sp³-hybridized carbons (Fsp3) is 0.750. The molecule has 4 N–H and O–H groups in total. The van der Waals surface area contributed by atoms with Crippen LogP contribution < -0.4 is 16.0 Å². The first kappa shape index (κ1) is 17.2. The van der Waals surface area contributed by atoms with Crippen LogP contribution in [0.3, 0.4) is 0 Å². The van der Waals surface area contributed by atoms with E-state index in [1.54, 1.807) is 0 Å². The molecule has 0 aromatic rings. The highest BCUT2D eigenvalue weighted by molar-refractivity contribution is 5.83. The summed E-state index contributed by atoms with van der Waals surface area (Å²) in [6.45, 7) is 4.48. The van der Waals surface area contributed by atoms with Crippen LogP contribution in [0.1, 0.15) is 39.5 Å². The molecule has 0 fully saturated rings. The number of carbonyl (C=O) groups excluding carboxylic acids is 2. The van der Waals surface area contributed by atoms with Crippen molar-refractivity contribution in [3.8, 4) is 0 Å². The molecule has 0 bridgehead atoms. The summed E-state index contributed by atoms with van der Waals surface area (Å²) in [6, 6.07) is -1.45. The topological polar surface area (TPSA) is 108 Å². The Morgan fingerprint density at radius 2 is 1.84 bits per heavy atom. The smallest absolute Gasteiger partial charge is 0.326 e. The second-order valence-corrected chi connectivity index (χ2v) is 4.14. The first-order chi connectivity index (χ1) is 9.01. The molecule has 19 heavy (non-hydrogen) atoms. The Morgan fingerprint density at radius 3 is 2.37 bits per heavy atom. The first-order valence-electron chi connectivity index (χ1n) is 6.55. The Balaban J connectivity index is 3.93. The number of rotatable bonds is 9. The van der Waals surface area contributed by atoms with E-state index in [9.17, 15) is 14.4 Å². The van der Waals surface area contributed by atoms with Crippen LogP contribution in [0.2, 0.25) is 0 Å². The van der Waals surface area contributed by atoms with E-state index in [0.29, 0.717) is 13.0 Å². The molecule has 1 atom stereocenters. The molecule has 7 heteroatoms. The Labute approximate surface area is 113 Å². The van der Waals surface area contributed by atoms with E-state index in [-0.39, 0.29) is 18.9 Å². The van der Waals surface area contributed by atoms with Crippen molar-refractivity contribution < 1.29 is 19.5 Å². The lowest BCUT2D eigenvalue weighted by Crippen LogP contribution is -2.46. The monoisotopic (exact) mass is 273 g/mol. The van der Waals surface area contributed by atoms with Crippen LogP contribution in [-0.4, -0.2) is 42.1 Å². The van der Waals surface area contributed by atoms with Crippen LogP contribution in [0.5, 0.6) is 0 Å². The van der Waals surface area contributed by atoms with Crippen LogP contribution in [0.25, 0.3) is 0 Å². The quantitative estimate of drug-likeness (QED) is 0.489. The Bertz CT molecular complexity index is 307. The minimum absolute atomic E-state index is 0.149. The van der Waals surface area contributed by atoms with E-state index in [2.05, 4.69) is 16.0 Å². The van der Waals surface area contributed by atoms with Crippen LogP contribution in [0.4, 0.5) is 4.79 Å². The molecule has 0 saturated carbocycles. The van der Waals surface area contributed by atoms with Crippen molar-refractivity contribution in [3.05, 3.63) is 0 Å². The SMILES string of the molecule is CCCCC(NC(=O)NCCC(=O)NCC)C(=O)O. The maximum absolute atomic E-state index is 11.4. The van der Waals surface area contributed by atoms with Crippen molar-refractivity contribution in [1.82, 2.24) is 16.0 Å². The molecule has 0 aromatic heterocycles. The fourth-order valence-electron chi connectivity index (χ4n) is 1.45. The van der Waals surface area contributed by atoms with Gasteiger partial charge in [-0.25, -0.2) is 9.59 Å². The number of carbonyl (C=O) groups is 3. The summed E-state index contributed by atoms with van der Waals surface area (Å²) in [5.41, 5.74) is 0. The van der Waals surface area contributed by atoms with Gasteiger partial charge < -0.3 is 21.1 Å². The van der Waals surface area contributed by atoms with Crippen molar-refractivity contribution in [2.75, 3.05) is 13.1 Å². The summed E-state index contributed by atoms with van der Waals surface area (Å²) in [5, 5.41) is 16.4. The number of urea groups is 1. The molecular weight excluding hydrogens is 250 g/mol. The van der Waals surface area contributed by atoms with Gasteiger partial charge in [0, 0.05) is 19.5 Å². The molecular formula is C12H23N3O4. The minimum atomic E-state index is -1.05. The molecule has 0 radical (unpaired) electrons. The molecule has 0 aliphatic rings. The van der Waals surface area contributed by atoms with E-state index in [1.807, 2.05) is 13.8 Å². The Kier molecular flexibility index (Phi) is 9.20. The molecule has 0 rings (SSSR count). The van der Waals surface area contributed by atoms with E-state index < -0.39 is 18.0 Å². The zero-order chi connectivity index (χ0) is 14.7. The summed E-state index contributed by atoms with van der Waals surface area (Å²) >= 11 is 0. The molecule has 0 aliphatic carbocycles. The molecule has 1 unspecified atom stereocenters. The van der Waals surface area contributed by atoms with Crippen molar-refractivity contribution in [2.45, 2.75) is 45.6 Å². The van der Waals surface area contributed by atoms with Gasteiger partial charge in [-0.1, -0.05) is 19.8 Å². The molecule has 0 aromatic carbocycles. The molecule has 0 aliphatic heterocycles. The lowest BCUT2D eigenvalue weighted by atomic mass is 10.1. The van der Waals surface area contributed by atoms with Gasteiger partial charge in [-0.3, -0.25) is 4.79 Å². The fourth-order valence-corrected chi connectivity index (χ4v) is 1.45. The zero-order valence-electron chi connectivity index (χ0n) is 11.5. The third-order valence-corrected chi connectivity index (χ3v) is 2.46. The van der Waals surface area contributed by atoms with Crippen LogP contribution in [0, 0.1) is 0 Å². The van der Waals surface area contributed by atoms with Gasteiger partial charge in [0.1, 0.15) is 6.04 Å². The van der Waals surface area contributed by atoms with Gasteiger partial charge in [0.15, 0.2) is 0 Å². The second-order valence-electron chi connectivity index (χ2n) is 4.14. The molecule has 7 nitrogen and oxygen atoms in total. The predicted molar refractivity (Wildman–Crippen MR) is 70.8 cm³/mol. The third kappa shape index (κ3) is 8.87. The van der Waals surface area contributed by atoms with Gasteiger partial charge in [-0.05, 0) is 13.3 Å². The Morgan fingerprint density at radius 1 is 1.16 bits per heavy atom. The normalized spacial score (nSPS) is 11.5. The summed E-state index contributed by atoms with van der Waals surface area (Å²) in [6.07, 6.45) is 2.17. The van der Waals surface area contributed by atoms with Crippen LogP contribution >= 0.6 is 0 Å². The highest BCUT2D eigenvalue weighted by Gasteiger charge is 2.18. The molecule has 0 spiro atoms. The maximum Gasteiger partial charge on any atom is 0.326 e. The van der Waals surface area contributed by atoms with Crippen molar-refractivity contribution >= 4 is 17.9 Å². The summed E-state index contributed by atoms with van der Waals surface area (Å²) in [4.78, 5) is 33.5. The number of amides is 3. The van der Waals surface area contributed by atoms with Gasteiger partial charge in [-0.15, -0.1) is 0 Å². The van der Waals surface area contributed by atoms with Gasteiger partial charge in [0.05, 0.1) is 0 Å². The number of carboxylic acid groups (broad SMARTS) is 1. The van der Waals surface area contributed by atoms with Gasteiger partial charge in [0.25, 0.3) is 0 Å².